The number of sulfone groups is 1. The highest BCUT2D eigenvalue weighted by Gasteiger charge is 2.34. The van der Waals surface area contributed by atoms with E-state index in [0.717, 1.165) is 17.4 Å². The Bertz CT molecular complexity index is 539. The van der Waals surface area contributed by atoms with Gasteiger partial charge in [0.15, 0.2) is 9.84 Å². The molecule has 0 bridgehead atoms. The summed E-state index contributed by atoms with van der Waals surface area (Å²) in [6, 6.07) is 8.66. The zero-order valence-electron chi connectivity index (χ0n) is 12.0. The van der Waals surface area contributed by atoms with Gasteiger partial charge in [0.05, 0.1) is 11.5 Å². The van der Waals surface area contributed by atoms with Crippen molar-refractivity contribution in [2.45, 2.75) is 32.2 Å². The number of hydrogen-bond acceptors (Lipinski definition) is 3. The SMILES string of the molecule is CC(C)NCC(c1ccc(Br)cc1)C1CCS(=O)(=O)C1. The molecule has 3 nitrogen and oxygen atoms in total. The Morgan fingerprint density at radius 2 is 1.95 bits per heavy atom. The topological polar surface area (TPSA) is 46.2 Å². The van der Waals surface area contributed by atoms with Gasteiger partial charge in [0.1, 0.15) is 0 Å². The molecule has 2 unspecified atom stereocenters. The van der Waals surface area contributed by atoms with E-state index >= 15 is 0 Å². The number of nitrogens with one attached hydrogen (secondary N) is 1. The molecular formula is C15H22BrNO2S. The molecule has 0 radical (unpaired) electrons. The molecule has 1 saturated heterocycles. The predicted molar refractivity (Wildman–Crippen MR) is 86.8 cm³/mol. The van der Waals surface area contributed by atoms with Gasteiger partial charge in [-0.2, -0.15) is 0 Å². The first-order valence-electron chi connectivity index (χ1n) is 7.06. The van der Waals surface area contributed by atoms with Crippen LogP contribution in [0.5, 0.6) is 0 Å². The number of hydrogen-bond donors (Lipinski definition) is 1. The van der Waals surface area contributed by atoms with E-state index in [1.54, 1.807) is 0 Å². The van der Waals surface area contributed by atoms with Crippen molar-refractivity contribution in [3.05, 3.63) is 34.3 Å². The molecule has 0 aliphatic carbocycles. The summed E-state index contributed by atoms with van der Waals surface area (Å²) in [6.07, 6.45) is 0.781. The molecule has 1 N–H and O–H groups in total. The first-order valence-corrected chi connectivity index (χ1v) is 9.68. The van der Waals surface area contributed by atoms with E-state index in [0.29, 0.717) is 17.5 Å². The highest BCUT2D eigenvalue weighted by molar-refractivity contribution is 9.10. The first-order chi connectivity index (χ1) is 9.37. The lowest BCUT2D eigenvalue weighted by Crippen LogP contribution is -2.31. The summed E-state index contributed by atoms with van der Waals surface area (Å²) >= 11 is 3.45. The van der Waals surface area contributed by atoms with Gasteiger partial charge in [0.25, 0.3) is 0 Å². The number of benzene rings is 1. The molecule has 1 heterocycles. The third-order valence-corrected chi connectivity index (χ3v) is 6.20. The number of rotatable bonds is 5. The normalized spacial score (nSPS) is 23.1. The summed E-state index contributed by atoms with van der Waals surface area (Å²) < 4.78 is 24.5. The van der Waals surface area contributed by atoms with Crippen molar-refractivity contribution < 1.29 is 8.42 Å². The molecule has 5 heteroatoms. The Morgan fingerprint density at radius 1 is 1.30 bits per heavy atom. The van der Waals surface area contributed by atoms with E-state index < -0.39 is 9.84 Å². The summed E-state index contributed by atoms with van der Waals surface area (Å²) in [6.45, 7) is 5.06. The molecule has 20 heavy (non-hydrogen) atoms. The molecule has 1 aromatic carbocycles. The van der Waals surface area contributed by atoms with Crippen molar-refractivity contribution in [2.24, 2.45) is 5.92 Å². The Balaban J connectivity index is 2.18. The summed E-state index contributed by atoms with van der Waals surface area (Å²) in [7, 11) is -2.83. The van der Waals surface area contributed by atoms with Crippen molar-refractivity contribution in [3.63, 3.8) is 0 Å². The second-order valence-electron chi connectivity index (χ2n) is 5.88. The zero-order chi connectivity index (χ0) is 14.8. The van der Waals surface area contributed by atoms with E-state index in [1.807, 2.05) is 12.1 Å². The largest absolute Gasteiger partial charge is 0.314 e. The van der Waals surface area contributed by atoms with Crippen LogP contribution in [0.1, 0.15) is 31.7 Å². The van der Waals surface area contributed by atoms with Gasteiger partial charge in [-0.25, -0.2) is 8.42 Å². The van der Waals surface area contributed by atoms with Gasteiger partial charge in [0, 0.05) is 23.0 Å². The minimum absolute atomic E-state index is 0.229. The van der Waals surface area contributed by atoms with Crippen molar-refractivity contribution in [1.82, 2.24) is 5.32 Å². The zero-order valence-corrected chi connectivity index (χ0v) is 14.4. The minimum Gasteiger partial charge on any atom is -0.314 e. The fourth-order valence-corrected chi connectivity index (χ4v) is 4.91. The maximum Gasteiger partial charge on any atom is 0.150 e. The van der Waals surface area contributed by atoms with E-state index in [1.165, 1.54) is 5.56 Å². The molecule has 0 amide bonds. The predicted octanol–water partition coefficient (Wildman–Crippen LogP) is 2.97. The molecule has 1 fully saturated rings. The van der Waals surface area contributed by atoms with Gasteiger partial charge >= 0.3 is 0 Å². The van der Waals surface area contributed by atoms with Gasteiger partial charge in [-0.05, 0) is 30.0 Å². The van der Waals surface area contributed by atoms with Crippen LogP contribution in [0, 0.1) is 5.92 Å². The van der Waals surface area contributed by atoms with Gasteiger partial charge in [-0.1, -0.05) is 41.9 Å². The van der Waals surface area contributed by atoms with E-state index in [4.69, 9.17) is 0 Å². The fraction of sp³-hybridized carbons (Fsp3) is 0.600. The van der Waals surface area contributed by atoms with Crippen molar-refractivity contribution >= 4 is 25.8 Å². The molecule has 2 atom stereocenters. The highest BCUT2D eigenvalue weighted by atomic mass is 79.9. The Morgan fingerprint density at radius 3 is 2.45 bits per heavy atom. The summed E-state index contributed by atoms with van der Waals surface area (Å²) in [5.74, 6) is 1.16. The second kappa shape index (κ2) is 6.58. The fourth-order valence-electron chi connectivity index (χ4n) is 2.77. The van der Waals surface area contributed by atoms with Crippen LogP contribution in [0.15, 0.2) is 28.7 Å². The third kappa shape index (κ3) is 4.30. The average molecular weight is 360 g/mol. The Hall–Kier alpha value is -0.390. The van der Waals surface area contributed by atoms with Crippen LogP contribution in [0.25, 0.3) is 0 Å². The van der Waals surface area contributed by atoms with Gasteiger partial charge in [0.2, 0.25) is 0 Å². The second-order valence-corrected chi connectivity index (χ2v) is 9.03. The average Bonchev–Trinajstić information content (AvgIpc) is 2.72. The lowest BCUT2D eigenvalue weighted by molar-refractivity contribution is 0.422. The molecule has 112 valence electrons. The molecule has 0 aromatic heterocycles. The molecule has 1 aliphatic rings. The van der Waals surface area contributed by atoms with Crippen molar-refractivity contribution in [3.8, 4) is 0 Å². The van der Waals surface area contributed by atoms with Gasteiger partial charge in [-0.3, -0.25) is 0 Å². The third-order valence-electron chi connectivity index (χ3n) is 3.88. The lowest BCUT2D eigenvalue weighted by atomic mass is 9.85. The van der Waals surface area contributed by atoms with Crippen LogP contribution in [0.4, 0.5) is 0 Å². The van der Waals surface area contributed by atoms with Crippen molar-refractivity contribution in [1.29, 1.82) is 0 Å². The first kappa shape index (κ1) is 16.0. The Kier molecular flexibility index (Phi) is 5.26. The summed E-state index contributed by atoms with van der Waals surface area (Å²) in [4.78, 5) is 0. The van der Waals surface area contributed by atoms with Crippen LogP contribution in [-0.4, -0.2) is 32.5 Å². The van der Waals surface area contributed by atoms with Crippen LogP contribution in [0.2, 0.25) is 0 Å². The monoisotopic (exact) mass is 359 g/mol. The summed E-state index contributed by atoms with van der Waals surface area (Å²) in [5, 5.41) is 3.46. The molecule has 1 aromatic rings. The van der Waals surface area contributed by atoms with E-state index in [2.05, 4.69) is 47.2 Å². The van der Waals surface area contributed by atoms with Crippen LogP contribution >= 0.6 is 15.9 Å². The quantitative estimate of drug-likeness (QED) is 0.878. The molecule has 0 saturated carbocycles. The van der Waals surface area contributed by atoms with Gasteiger partial charge < -0.3 is 5.32 Å². The molecule has 0 spiro atoms. The Labute approximate surface area is 130 Å². The maximum absolute atomic E-state index is 11.7. The van der Waals surface area contributed by atoms with Crippen LogP contribution in [-0.2, 0) is 9.84 Å². The smallest absolute Gasteiger partial charge is 0.150 e. The minimum atomic E-state index is -2.83. The molecule has 1 aliphatic heterocycles. The molecular weight excluding hydrogens is 338 g/mol. The van der Waals surface area contributed by atoms with E-state index in [-0.39, 0.29) is 11.8 Å². The van der Waals surface area contributed by atoms with Crippen LogP contribution in [0.3, 0.4) is 0 Å². The van der Waals surface area contributed by atoms with E-state index in [9.17, 15) is 8.42 Å². The standard InChI is InChI=1S/C15H22BrNO2S/c1-11(2)17-9-15(12-3-5-14(16)6-4-12)13-7-8-20(18,19)10-13/h3-6,11,13,15,17H,7-10H2,1-2H3. The molecule has 2 rings (SSSR count). The van der Waals surface area contributed by atoms with Gasteiger partial charge in [-0.15, -0.1) is 0 Å². The lowest BCUT2D eigenvalue weighted by Gasteiger charge is -2.25. The van der Waals surface area contributed by atoms with Crippen molar-refractivity contribution in [2.75, 3.05) is 18.1 Å². The number of halogens is 1. The maximum atomic E-state index is 11.7. The summed E-state index contributed by atoms with van der Waals surface area (Å²) in [5.41, 5.74) is 1.23. The highest BCUT2D eigenvalue weighted by Crippen LogP contribution is 2.33. The van der Waals surface area contributed by atoms with Crippen LogP contribution < -0.4 is 5.32 Å².